The molecule has 0 aliphatic heterocycles. The normalized spacial score (nSPS) is 20.2. The highest BCUT2D eigenvalue weighted by atomic mass is 35.5. The second kappa shape index (κ2) is 9.03. The van der Waals surface area contributed by atoms with Gasteiger partial charge in [-0.25, -0.2) is 8.78 Å². The highest BCUT2D eigenvalue weighted by Crippen LogP contribution is 2.32. The van der Waals surface area contributed by atoms with Crippen molar-refractivity contribution in [3.63, 3.8) is 0 Å². The monoisotopic (exact) mass is 348 g/mol. The number of anilines is 1. The quantitative estimate of drug-likeness (QED) is 0.828. The van der Waals surface area contributed by atoms with Gasteiger partial charge in [0.1, 0.15) is 12.4 Å². The predicted molar refractivity (Wildman–Crippen MR) is 88.4 cm³/mol. The average molecular weight is 349 g/mol. The number of hydrogen-bond acceptors (Lipinski definition) is 3. The van der Waals surface area contributed by atoms with Crippen LogP contribution in [0.2, 0.25) is 0 Å². The van der Waals surface area contributed by atoms with E-state index in [1.54, 1.807) is 25.1 Å². The molecule has 0 heterocycles. The lowest BCUT2D eigenvalue weighted by Gasteiger charge is -2.18. The molecule has 4 nitrogen and oxygen atoms in total. The van der Waals surface area contributed by atoms with Gasteiger partial charge in [0, 0.05) is 17.7 Å². The Labute approximate surface area is 141 Å². The van der Waals surface area contributed by atoms with Gasteiger partial charge in [-0.05, 0) is 43.9 Å². The number of ether oxygens (including phenoxy) is 1. The van der Waals surface area contributed by atoms with Crippen molar-refractivity contribution >= 4 is 24.0 Å². The van der Waals surface area contributed by atoms with Crippen LogP contribution in [0.5, 0.6) is 5.75 Å². The van der Waals surface area contributed by atoms with E-state index in [9.17, 15) is 13.6 Å². The van der Waals surface area contributed by atoms with E-state index in [1.165, 1.54) is 0 Å². The van der Waals surface area contributed by atoms with Crippen LogP contribution in [0.3, 0.4) is 0 Å². The molecule has 2 rings (SSSR count). The molecule has 1 aliphatic rings. The summed E-state index contributed by atoms with van der Waals surface area (Å²) in [5, 5.41) is 2.84. The van der Waals surface area contributed by atoms with Crippen LogP contribution in [0.25, 0.3) is 0 Å². The van der Waals surface area contributed by atoms with Crippen molar-refractivity contribution in [2.45, 2.75) is 32.6 Å². The van der Waals surface area contributed by atoms with Crippen molar-refractivity contribution in [2.24, 2.45) is 17.6 Å². The summed E-state index contributed by atoms with van der Waals surface area (Å²) in [6.07, 6.45) is 0.303. The van der Waals surface area contributed by atoms with Crippen LogP contribution < -0.4 is 15.8 Å². The average Bonchev–Trinajstić information content (AvgIpc) is 2.96. The number of nitrogens with one attached hydrogen (secondary N) is 1. The van der Waals surface area contributed by atoms with Gasteiger partial charge >= 0.3 is 0 Å². The lowest BCUT2D eigenvalue weighted by atomic mass is 9.95. The van der Waals surface area contributed by atoms with Gasteiger partial charge in [0.2, 0.25) is 5.91 Å². The maximum atomic E-state index is 12.3. The van der Waals surface area contributed by atoms with E-state index in [-0.39, 0.29) is 30.2 Å². The first-order valence-corrected chi connectivity index (χ1v) is 7.53. The number of halogens is 3. The lowest BCUT2D eigenvalue weighted by molar-refractivity contribution is -0.120. The Morgan fingerprint density at radius 1 is 1.43 bits per heavy atom. The number of carbonyl (C=O) groups excluding carboxylic acids is 1. The van der Waals surface area contributed by atoms with Crippen molar-refractivity contribution in [1.82, 2.24) is 0 Å². The van der Waals surface area contributed by atoms with Gasteiger partial charge in [-0.1, -0.05) is 12.5 Å². The van der Waals surface area contributed by atoms with Crippen LogP contribution in [0.4, 0.5) is 14.5 Å². The summed E-state index contributed by atoms with van der Waals surface area (Å²) in [5.41, 5.74) is 7.00. The van der Waals surface area contributed by atoms with Crippen molar-refractivity contribution in [3.05, 3.63) is 23.8 Å². The van der Waals surface area contributed by atoms with E-state index in [2.05, 4.69) is 5.32 Å². The van der Waals surface area contributed by atoms with Gasteiger partial charge in [0.15, 0.2) is 0 Å². The Bertz CT molecular complexity index is 529. The molecule has 0 spiro atoms. The van der Waals surface area contributed by atoms with Crippen LogP contribution in [-0.2, 0) is 4.79 Å². The molecule has 3 N–H and O–H groups in total. The number of aryl methyl sites for hydroxylation is 1. The van der Waals surface area contributed by atoms with E-state index in [4.69, 9.17) is 10.5 Å². The zero-order valence-corrected chi connectivity index (χ0v) is 13.9. The van der Waals surface area contributed by atoms with Crippen LogP contribution in [0, 0.1) is 18.8 Å². The molecule has 0 bridgehead atoms. The number of alkyl halides is 2. The summed E-state index contributed by atoms with van der Waals surface area (Å²) in [7, 11) is 0. The smallest absolute Gasteiger partial charge is 0.272 e. The molecule has 1 aromatic rings. The minimum atomic E-state index is -2.53. The molecule has 0 aromatic heterocycles. The Morgan fingerprint density at radius 3 is 2.83 bits per heavy atom. The maximum absolute atomic E-state index is 12.3. The van der Waals surface area contributed by atoms with E-state index in [0.29, 0.717) is 18.0 Å². The molecule has 0 unspecified atom stereocenters. The summed E-state index contributed by atoms with van der Waals surface area (Å²) in [6, 6.07) is 5.07. The van der Waals surface area contributed by atoms with Crippen LogP contribution in [0.1, 0.15) is 24.8 Å². The summed E-state index contributed by atoms with van der Waals surface area (Å²) in [5.74, 6) is 0.452. The fourth-order valence-corrected chi connectivity index (χ4v) is 2.89. The second-order valence-electron chi connectivity index (χ2n) is 5.70. The van der Waals surface area contributed by atoms with Crippen molar-refractivity contribution in [1.29, 1.82) is 0 Å². The second-order valence-corrected chi connectivity index (χ2v) is 5.70. The molecule has 7 heteroatoms. The Hall–Kier alpha value is -1.40. The molecule has 1 saturated carbocycles. The first kappa shape index (κ1) is 19.6. The predicted octanol–water partition coefficient (Wildman–Crippen LogP) is 3.37. The van der Waals surface area contributed by atoms with E-state index in [1.807, 2.05) is 0 Å². The zero-order chi connectivity index (χ0) is 16.1. The fraction of sp³-hybridized carbons (Fsp3) is 0.562. The summed E-state index contributed by atoms with van der Waals surface area (Å²) in [6.45, 7) is 1.62. The molecular weight excluding hydrogens is 326 g/mol. The minimum absolute atomic E-state index is 0. The van der Waals surface area contributed by atoms with E-state index >= 15 is 0 Å². The van der Waals surface area contributed by atoms with Crippen LogP contribution in [0.15, 0.2) is 18.2 Å². The largest absolute Gasteiger partial charge is 0.487 e. The highest BCUT2D eigenvalue weighted by molar-refractivity contribution is 5.93. The number of carbonyl (C=O) groups is 1. The molecule has 2 atom stereocenters. The minimum Gasteiger partial charge on any atom is -0.487 e. The van der Waals surface area contributed by atoms with Gasteiger partial charge in [-0.15, -0.1) is 12.4 Å². The Morgan fingerprint density at radius 2 is 2.17 bits per heavy atom. The number of benzene rings is 1. The number of rotatable bonds is 6. The Kier molecular flexibility index (Phi) is 7.72. The molecule has 1 aliphatic carbocycles. The van der Waals surface area contributed by atoms with Crippen molar-refractivity contribution in [3.8, 4) is 5.75 Å². The lowest BCUT2D eigenvalue weighted by Crippen LogP contribution is -2.29. The molecule has 23 heavy (non-hydrogen) atoms. The molecular formula is C16H23ClF2N2O2. The first-order valence-electron chi connectivity index (χ1n) is 7.53. The fourth-order valence-electron chi connectivity index (χ4n) is 2.89. The van der Waals surface area contributed by atoms with E-state index in [0.717, 1.165) is 24.8 Å². The van der Waals surface area contributed by atoms with Crippen LogP contribution >= 0.6 is 12.4 Å². The Balaban J connectivity index is 0.00000264. The van der Waals surface area contributed by atoms with Gasteiger partial charge < -0.3 is 15.8 Å². The van der Waals surface area contributed by atoms with Crippen molar-refractivity contribution < 1.29 is 18.3 Å². The first-order chi connectivity index (χ1) is 10.5. The summed E-state index contributed by atoms with van der Waals surface area (Å²) < 4.78 is 29.6. The van der Waals surface area contributed by atoms with E-state index < -0.39 is 13.0 Å². The van der Waals surface area contributed by atoms with Crippen molar-refractivity contribution in [2.75, 3.05) is 18.5 Å². The third-order valence-electron chi connectivity index (χ3n) is 4.12. The number of amides is 1. The van der Waals surface area contributed by atoms with Gasteiger partial charge in [0.25, 0.3) is 6.43 Å². The molecule has 1 aromatic carbocycles. The molecule has 0 saturated heterocycles. The third kappa shape index (κ3) is 5.32. The molecule has 1 fully saturated rings. The zero-order valence-electron chi connectivity index (χ0n) is 13.1. The van der Waals surface area contributed by atoms with Gasteiger partial charge in [-0.2, -0.15) is 0 Å². The van der Waals surface area contributed by atoms with Crippen LogP contribution in [-0.4, -0.2) is 25.5 Å². The maximum Gasteiger partial charge on any atom is 0.272 e. The van der Waals surface area contributed by atoms with Gasteiger partial charge in [0.05, 0.1) is 0 Å². The number of hydrogen-bond donors (Lipinski definition) is 2. The number of nitrogens with two attached hydrogens (primary N) is 1. The molecule has 130 valence electrons. The topological polar surface area (TPSA) is 64.4 Å². The summed E-state index contributed by atoms with van der Waals surface area (Å²) in [4.78, 5) is 12.3. The SMILES string of the molecule is Cc1ccc(NC(=O)[C@@H]2CCC[C@@H]2CN)cc1OCC(F)F.Cl. The molecule has 1 amide bonds. The third-order valence-corrected chi connectivity index (χ3v) is 4.12. The standard InChI is InChI=1S/C16H22F2N2O2.ClH/c1-10-5-6-12(7-14(10)22-9-15(17)18)20-16(21)13-4-2-3-11(13)8-19;/h5-7,11,13,15H,2-4,8-9,19H2,1H3,(H,20,21);1H/t11-,13-;/m1./s1. The molecule has 0 radical (unpaired) electrons. The highest BCUT2D eigenvalue weighted by Gasteiger charge is 2.31. The van der Waals surface area contributed by atoms with Gasteiger partial charge in [-0.3, -0.25) is 4.79 Å². The summed E-state index contributed by atoms with van der Waals surface area (Å²) >= 11 is 0.